The van der Waals surface area contributed by atoms with Crippen molar-refractivity contribution < 1.29 is 14.3 Å². The minimum Gasteiger partial charge on any atom is -0.464 e. The summed E-state index contributed by atoms with van der Waals surface area (Å²) in [6.45, 7) is 8.29. The lowest BCUT2D eigenvalue weighted by Gasteiger charge is -2.26. The first-order chi connectivity index (χ1) is 13.5. The Labute approximate surface area is 172 Å². The van der Waals surface area contributed by atoms with Crippen molar-refractivity contribution in [3.63, 3.8) is 0 Å². The molecule has 28 heavy (non-hydrogen) atoms. The quantitative estimate of drug-likeness (QED) is 0.596. The van der Waals surface area contributed by atoms with Crippen LogP contribution in [-0.4, -0.2) is 58.1 Å². The Morgan fingerprint density at radius 3 is 2.43 bits per heavy atom. The number of halogens is 1. The molecule has 1 atom stereocenters. The summed E-state index contributed by atoms with van der Waals surface area (Å²) in [5.74, 6) is -0.461. The fraction of sp³-hybridized carbons (Fsp3) is 0.526. The average molecular weight is 453 g/mol. The van der Waals surface area contributed by atoms with Crippen LogP contribution in [0.2, 0.25) is 0 Å². The zero-order valence-electron chi connectivity index (χ0n) is 16.1. The fourth-order valence-electron chi connectivity index (χ4n) is 3.13. The minimum atomic E-state index is -0.744. The third-order valence-electron chi connectivity index (χ3n) is 4.71. The van der Waals surface area contributed by atoms with Crippen molar-refractivity contribution in [3.8, 4) is 0 Å². The van der Waals surface area contributed by atoms with Gasteiger partial charge in [-0.05, 0) is 40.9 Å². The standard InChI is InChI=1S/C19H25BrN4O4/c1-3-28-17(25)14(2)24-18(20)21-23(19(24)26)13-16-6-4-15(5-7-16)12-22-8-10-27-11-9-22/h4-7,14H,3,8-13H2,1-2H3/t14-/m0/s1. The van der Waals surface area contributed by atoms with Gasteiger partial charge in [0.05, 0.1) is 26.4 Å². The Balaban J connectivity index is 1.69. The van der Waals surface area contributed by atoms with Crippen molar-refractivity contribution in [3.05, 3.63) is 50.6 Å². The van der Waals surface area contributed by atoms with Crippen molar-refractivity contribution in [1.29, 1.82) is 0 Å². The summed E-state index contributed by atoms with van der Waals surface area (Å²) in [5.41, 5.74) is 1.83. The van der Waals surface area contributed by atoms with Gasteiger partial charge in [-0.25, -0.2) is 14.3 Å². The van der Waals surface area contributed by atoms with E-state index in [9.17, 15) is 9.59 Å². The zero-order chi connectivity index (χ0) is 20.1. The highest BCUT2D eigenvalue weighted by Crippen LogP contribution is 2.14. The average Bonchev–Trinajstić information content (AvgIpc) is 2.97. The van der Waals surface area contributed by atoms with Gasteiger partial charge >= 0.3 is 11.7 Å². The first-order valence-electron chi connectivity index (χ1n) is 9.39. The maximum atomic E-state index is 12.7. The molecule has 1 aromatic heterocycles. The highest BCUT2D eigenvalue weighted by atomic mass is 79.9. The first kappa shape index (κ1) is 20.8. The number of esters is 1. The first-order valence-corrected chi connectivity index (χ1v) is 10.2. The Hall–Kier alpha value is -1.97. The minimum absolute atomic E-state index is 0.264. The summed E-state index contributed by atoms with van der Waals surface area (Å²) in [6, 6.07) is 7.41. The van der Waals surface area contributed by atoms with E-state index >= 15 is 0 Å². The van der Waals surface area contributed by atoms with E-state index in [0.29, 0.717) is 11.3 Å². The SMILES string of the molecule is CCOC(=O)[C@H](C)n1c(Br)nn(Cc2ccc(CN3CCOCC3)cc2)c1=O. The Kier molecular flexibility index (Phi) is 7.03. The second-order valence-electron chi connectivity index (χ2n) is 6.71. The third kappa shape index (κ3) is 4.89. The predicted octanol–water partition coefficient (Wildman–Crippen LogP) is 1.81. The second kappa shape index (κ2) is 9.49. The van der Waals surface area contributed by atoms with Crippen LogP contribution in [0.1, 0.15) is 31.0 Å². The maximum Gasteiger partial charge on any atom is 0.347 e. The molecule has 8 nitrogen and oxygen atoms in total. The molecule has 0 saturated carbocycles. The number of carbonyl (C=O) groups excluding carboxylic acids is 1. The molecule has 1 fully saturated rings. The van der Waals surface area contributed by atoms with Gasteiger partial charge in [0.1, 0.15) is 6.04 Å². The maximum absolute atomic E-state index is 12.7. The Bertz CT molecular complexity index is 856. The van der Waals surface area contributed by atoms with E-state index in [1.54, 1.807) is 13.8 Å². The number of nitrogens with zero attached hydrogens (tertiary/aromatic N) is 4. The molecule has 0 aliphatic carbocycles. The van der Waals surface area contributed by atoms with Crippen molar-refractivity contribution in [1.82, 2.24) is 19.2 Å². The summed E-state index contributed by atoms with van der Waals surface area (Å²) in [7, 11) is 0. The topological polar surface area (TPSA) is 78.6 Å². The molecule has 1 aliphatic rings. The van der Waals surface area contributed by atoms with E-state index in [-0.39, 0.29) is 12.3 Å². The highest BCUT2D eigenvalue weighted by molar-refractivity contribution is 9.10. The lowest BCUT2D eigenvalue weighted by molar-refractivity contribution is -0.146. The number of rotatable bonds is 7. The van der Waals surface area contributed by atoms with Gasteiger partial charge in [-0.3, -0.25) is 9.47 Å². The van der Waals surface area contributed by atoms with Crippen molar-refractivity contribution >= 4 is 21.9 Å². The summed E-state index contributed by atoms with van der Waals surface area (Å²) in [4.78, 5) is 27.0. The van der Waals surface area contributed by atoms with Crippen molar-refractivity contribution in [2.24, 2.45) is 0 Å². The van der Waals surface area contributed by atoms with E-state index in [4.69, 9.17) is 9.47 Å². The van der Waals surface area contributed by atoms with Gasteiger partial charge in [-0.15, -0.1) is 5.10 Å². The van der Waals surface area contributed by atoms with Crippen LogP contribution in [0.25, 0.3) is 0 Å². The van der Waals surface area contributed by atoms with E-state index in [1.165, 1.54) is 14.8 Å². The summed E-state index contributed by atoms with van der Waals surface area (Å²) in [5, 5.41) is 4.24. The lowest BCUT2D eigenvalue weighted by atomic mass is 10.1. The normalized spacial score (nSPS) is 16.1. The van der Waals surface area contributed by atoms with E-state index in [0.717, 1.165) is 38.4 Å². The molecule has 0 N–H and O–H groups in total. The number of hydrogen-bond donors (Lipinski definition) is 0. The van der Waals surface area contributed by atoms with Gasteiger partial charge in [0.25, 0.3) is 0 Å². The largest absolute Gasteiger partial charge is 0.464 e. The number of hydrogen-bond acceptors (Lipinski definition) is 6. The molecule has 9 heteroatoms. The number of aromatic nitrogens is 3. The summed E-state index contributed by atoms with van der Waals surface area (Å²) >= 11 is 3.28. The van der Waals surface area contributed by atoms with Gasteiger partial charge in [0.15, 0.2) is 0 Å². The predicted molar refractivity (Wildman–Crippen MR) is 107 cm³/mol. The molecule has 152 valence electrons. The van der Waals surface area contributed by atoms with Crippen LogP contribution >= 0.6 is 15.9 Å². The smallest absolute Gasteiger partial charge is 0.347 e. The monoisotopic (exact) mass is 452 g/mol. The summed E-state index contributed by atoms with van der Waals surface area (Å²) < 4.78 is 13.3. The van der Waals surface area contributed by atoms with Crippen LogP contribution in [0.15, 0.2) is 33.8 Å². The highest BCUT2D eigenvalue weighted by Gasteiger charge is 2.23. The van der Waals surface area contributed by atoms with Gasteiger partial charge in [0.2, 0.25) is 4.73 Å². The lowest BCUT2D eigenvalue weighted by Crippen LogP contribution is -2.35. The molecule has 2 aromatic rings. The van der Waals surface area contributed by atoms with Crippen molar-refractivity contribution in [2.75, 3.05) is 32.9 Å². The second-order valence-corrected chi connectivity index (χ2v) is 7.42. The molecular weight excluding hydrogens is 428 g/mol. The van der Waals surface area contributed by atoms with Crippen LogP contribution < -0.4 is 5.69 Å². The van der Waals surface area contributed by atoms with Crippen LogP contribution in [0.5, 0.6) is 0 Å². The zero-order valence-corrected chi connectivity index (χ0v) is 17.7. The van der Waals surface area contributed by atoms with Crippen LogP contribution in [-0.2, 0) is 27.4 Å². The molecule has 0 radical (unpaired) electrons. The molecule has 1 aliphatic heterocycles. The molecule has 0 amide bonds. The van der Waals surface area contributed by atoms with E-state index < -0.39 is 12.0 Å². The number of ether oxygens (including phenoxy) is 2. The van der Waals surface area contributed by atoms with Crippen molar-refractivity contribution in [2.45, 2.75) is 33.0 Å². The number of benzene rings is 1. The van der Waals surface area contributed by atoms with E-state index in [2.05, 4.69) is 38.1 Å². The van der Waals surface area contributed by atoms with Gasteiger partial charge in [0, 0.05) is 19.6 Å². The summed E-state index contributed by atoms with van der Waals surface area (Å²) in [6.07, 6.45) is 0. The molecular formula is C19H25BrN4O4. The third-order valence-corrected chi connectivity index (χ3v) is 5.25. The molecule has 0 spiro atoms. The van der Waals surface area contributed by atoms with Gasteiger partial charge in [-0.2, -0.15) is 0 Å². The van der Waals surface area contributed by atoms with Crippen LogP contribution in [0.4, 0.5) is 0 Å². The van der Waals surface area contributed by atoms with Crippen LogP contribution in [0, 0.1) is 0 Å². The molecule has 3 rings (SSSR count). The number of morpholine rings is 1. The molecule has 0 bridgehead atoms. The molecule has 1 aromatic carbocycles. The Morgan fingerprint density at radius 1 is 1.21 bits per heavy atom. The van der Waals surface area contributed by atoms with Crippen LogP contribution in [0.3, 0.4) is 0 Å². The van der Waals surface area contributed by atoms with Gasteiger partial charge < -0.3 is 9.47 Å². The molecule has 0 unspecified atom stereocenters. The number of carbonyl (C=O) groups is 1. The molecule has 2 heterocycles. The van der Waals surface area contributed by atoms with E-state index in [1.807, 2.05) is 12.1 Å². The van der Waals surface area contributed by atoms with Gasteiger partial charge in [-0.1, -0.05) is 24.3 Å². The fourth-order valence-corrected chi connectivity index (χ4v) is 3.78. The molecule has 1 saturated heterocycles. The Morgan fingerprint density at radius 2 is 1.82 bits per heavy atom.